The number of imidazole rings is 1. The molecule has 3 saturated heterocycles. The van der Waals surface area contributed by atoms with Crippen LogP contribution in [0, 0.1) is 18.2 Å². The smallest absolute Gasteiger partial charge is 0.317 e. The first-order chi connectivity index (χ1) is 40.2. The number of benzene rings is 2. The second kappa shape index (κ2) is 30.9. The number of pyridine rings is 1. The minimum atomic E-state index is -1.03. The normalized spacial score (nSPS) is 17.8. The van der Waals surface area contributed by atoms with E-state index in [-0.39, 0.29) is 87.6 Å². The number of hydrogen-bond acceptors (Lipinski definition) is 16. The van der Waals surface area contributed by atoms with Crippen LogP contribution in [0.4, 0.5) is 15.9 Å². The number of anilines is 2. The Hall–Kier alpha value is -6.05. The van der Waals surface area contributed by atoms with Gasteiger partial charge in [0.1, 0.15) is 17.5 Å². The second-order valence-corrected chi connectivity index (χ2v) is 23.7. The molecule has 7 rings (SSSR count). The average Bonchev–Trinajstić information content (AvgIpc) is 2.87. The van der Waals surface area contributed by atoms with Crippen LogP contribution in [0.5, 0.6) is 0 Å². The Morgan fingerprint density at radius 1 is 0.762 bits per heavy atom. The maximum Gasteiger partial charge on any atom is 0.317 e. The van der Waals surface area contributed by atoms with Crippen LogP contribution in [-0.2, 0) is 33.4 Å². The fourth-order valence-corrected chi connectivity index (χ4v) is 11.6. The molecule has 1 atom stereocenters. The number of nitrogens with one attached hydrogen (secondary N) is 3. The van der Waals surface area contributed by atoms with E-state index in [0.717, 1.165) is 71.1 Å². The first-order valence-electron chi connectivity index (χ1n) is 29.7. The topological polar surface area (TPSA) is 276 Å². The van der Waals surface area contributed by atoms with Crippen molar-refractivity contribution in [3.05, 3.63) is 59.0 Å². The van der Waals surface area contributed by atoms with Crippen LogP contribution in [0.1, 0.15) is 84.6 Å². The molecule has 2 amide bonds. The van der Waals surface area contributed by atoms with Crippen molar-refractivity contribution in [1.82, 2.24) is 45.2 Å². The number of halogens is 2. The zero-order valence-corrected chi connectivity index (χ0v) is 50.4. The lowest BCUT2D eigenvalue weighted by Gasteiger charge is -2.43. The molecule has 3 fully saturated rings. The van der Waals surface area contributed by atoms with Crippen LogP contribution in [0.15, 0.2) is 42.6 Å². The van der Waals surface area contributed by atoms with E-state index >= 15 is 4.39 Å². The maximum absolute atomic E-state index is 15.1. The highest BCUT2D eigenvalue weighted by Gasteiger charge is 2.37. The van der Waals surface area contributed by atoms with E-state index in [1.165, 1.54) is 6.07 Å². The Kier molecular flexibility index (Phi) is 24.1. The molecule has 22 nitrogen and oxygen atoms in total. The summed E-state index contributed by atoms with van der Waals surface area (Å²) in [4.78, 5) is 87.2. The van der Waals surface area contributed by atoms with Gasteiger partial charge < -0.3 is 55.9 Å². The summed E-state index contributed by atoms with van der Waals surface area (Å²) in [6.45, 7) is 15.9. The molecule has 2 aromatic heterocycles. The molecule has 0 radical (unpaired) electrons. The van der Waals surface area contributed by atoms with Gasteiger partial charge in [0, 0.05) is 128 Å². The Morgan fingerprint density at radius 3 is 1.92 bits per heavy atom. The minimum absolute atomic E-state index is 0.0142. The molecule has 1 unspecified atom stereocenters. The van der Waals surface area contributed by atoms with Crippen molar-refractivity contribution in [2.24, 2.45) is 11.1 Å². The van der Waals surface area contributed by atoms with Crippen LogP contribution in [-0.4, -0.2) is 228 Å². The van der Waals surface area contributed by atoms with Crippen LogP contribution < -0.4 is 26.2 Å². The monoisotopic (exact) mass is 1190 g/mol. The predicted octanol–water partition coefficient (Wildman–Crippen LogP) is 5.40. The number of carbonyl (C=O) groups is 5. The summed E-state index contributed by atoms with van der Waals surface area (Å²) < 4.78 is 27.8. The van der Waals surface area contributed by atoms with Gasteiger partial charge in [-0.05, 0) is 92.3 Å². The predicted molar refractivity (Wildman–Crippen MR) is 322 cm³/mol. The van der Waals surface area contributed by atoms with Crippen molar-refractivity contribution in [2.75, 3.05) is 141 Å². The number of nitrogens with two attached hydrogens (primary N) is 1. The number of ether oxygens (including phenoxy) is 2. The summed E-state index contributed by atoms with van der Waals surface area (Å²) in [5.74, 6) is -2.34. The zero-order chi connectivity index (χ0) is 60.6. The van der Waals surface area contributed by atoms with Crippen molar-refractivity contribution in [1.29, 1.82) is 0 Å². The number of rotatable bonds is 28. The van der Waals surface area contributed by atoms with E-state index in [2.05, 4.69) is 53.1 Å². The van der Waals surface area contributed by atoms with Gasteiger partial charge in [-0.15, -0.1) is 0 Å². The van der Waals surface area contributed by atoms with Gasteiger partial charge in [-0.25, -0.2) is 14.4 Å². The van der Waals surface area contributed by atoms with Gasteiger partial charge in [0.2, 0.25) is 11.8 Å². The molecule has 2 aromatic carbocycles. The van der Waals surface area contributed by atoms with Gasteiger partial charge in [0.15, 0.2) is 0 Å². The number of aromatic amines is 1. The lowest BCUT2D eigenvalue weighted by Crippen LogP contribution is -2.60. The quantitative estimate of drug-likeness (QED) is 0.0351. The summed E-state index contributed by atoms with van der Waals surface area (Å²) in [6.07, 6.45) is 7.36. The van der Waals surface area contributed by atoms with E-state index < -0.39 is 23.5 Å². The number of H-pyrrole nitrogens is 1. The number of carbonyl (C=O) groups excluding carboxylic acids is 2. The molecule has 0 spiro atoms. The third kappa shape index (κ3) is 19.0. The number of amides is 2. The fourth-order valence-electron chi connectivity index (χ4n) is 11.5. The highest BCUT2D eigenvalue weighted by Crippen LogP contribution is 2.46. The molecule has 0 aliphatic carbocycles. The first kappa shape index (κ1) is 65.5. The average molecular weight is 1190 g/mol. The molecule has 0 bridgehead atoms. The van der Waals surface area contributed by atoms with Crippen molar-refractivity contribution >= 4 is 63.9 Å². The molecular weight excluding hydrogens is 1100 g/mol. The summed E-state index contributed by atoms with van der Waals surface area (Å²) in [5, 5.41) is 35.4. The van der Waals surface area contributed by atoms with Crippen molar-refractivity contribution in [3.8, 4) is 22.5 Å². The Bertz CT molecular complexity index is 2810. The highest BCUT2D eigenvalue weighted by molar-refractivity contribution is 6.31. The number of aliphatic carboxylic acids is 3. The van der Waals surface area contributed by atoms with E-state index in [9.17, 15) is 39.3 Å². The highest BCUT2D eigenvalue weighted by atomic mass is 35.5. The van der Waals surface area contributed by atoms with E-state index in [0.29, 0.717) is 115 Å². The van der Waals surface area contributed by atoms with Gasteiger partial charge in [-0.1, -0.05) is 51.8 Å². The van der Waals surface area contributed by atoms with Crippen LogP contribution in [0.2, 0.25) is 5.02 Å². The molecule has 84 heavy (non-hydrogen) atoms. The summed E-state index contributed by atoms with van der Waals surface area (Å²) in [6, 6.07) is 10.5. The SMILES string of the molecule is CCC(C)(CCOC(CC)(CC)CCOCCNC(=O)CN1CCN(CC(=O)O)CCN(CC(=O)O)CCN(CC(=O)O)CC1)CC(=O)NC1CN(c2ncc(-c3cc(C)cc(F)c3)c(N3CCC(N)CC3)c2-c2nc3ccc(Cl)cc3[nH]2)C1. The molecule has 3 aliphatic heterocycles. The molecule has 24 heteroatoms. The van der Waals surface area contributed by atoms with Crippen LogP contribution in [0.25, 0.3) is 33.5 Å². The van der Waals surface area contributed by atoms with Gasteiger partial charge in [-0.2, -0.15) is 0 Å². The number of hydrogen-bond donors (Lipinski definition) is 7. The molecule has 5 heterocycles. The van der Waals surface area contributed by atoms with E-state index in [1.54, 1.807) is 20.8 Å². The number of piperidine rings is 1. The Labute approximate surface area is 497 Å². The molecule has 3 aliphatic rings. The number of carboxylic acids is 3. The van der Waals surface area contributed by atoms with Crippen molar-refractivity contribution in [3.63, 3.8) is 0 Å². The van der Waals surface area contributed by atoms with E-state index in [1.807, 2.05) is 42.3 Å². The lowest BCUT2D eigenvalue weighted by molar-refractivity contribution is -0.140. The largest absolute Gasteiger partial charge is 0.480 e. The number of nitrogens with zero attached hydrogens (tertiary/aromatic N) is 8. The standard InChI is InChI=1S/C60H88ClFN12O10/c1-6-59(5,13-27-84-60(7-2,8-3)14-26-83-28-15-64-51(76)37-69-18-20-70(38-52(77)78)22-24-72(40-54(81)82)25-23-71(21-19-69)39-53(79)80)33-50(75)66-46-35-74(36-46)58-55(57-67-48-10-9-43(61)32-49(48)68-57)56(73-16-11-45(63)12-17-73)47(34-65-58)42-29-41(4)30-44(62)31-42/h9-10,29-32,34,45-46H,6-8,11-28,33,35-40,63H2,1-5H3,(H,64,76)(H,66,75)(H,67,68)(H,77,78)(H,79,80)(H,81,82). The van der Waals surface area contributed by atoms with Crippen molar-refractivity contribution in [2.45, 2.75) is 104 Å². The zero-order valence-electron chi connectivity index (χ0n) is 49.6. The van der Waals surface area contributed by atoms with Gasteiger partial charge in [0.25, 0.3) is 0 Å². The minimum Gasteiger partial charge on any atom is -0.480 e. The van der Waals surface area contributed by atoms with Gasteiger partial charge >= 0.3 is 17.9 Å². The Morgan fingerprint density at radius 2 is 1.36 bits per heavy atom. The molecular formula is C60H88ClFN12O10. The summed E-state index contributed by atoms with van der Waals surface area (Å²) in [5.41, 5.74) is 11.2. The molecule has 4 aromatic rings. The Balaban J connectivity index is 0.896. The first-order valence-corrected chi connectivity index (χ1v) is 30.1. The fraction of sp³-hybridized carbons (Fsp3) is 0.617. The van der Waals surface area contributed by atoms with Crippen molar-refractivity contribution < 1.29 is 53.2 Å². The summed E-state index contributed by atoms with van der Waals surface area (Å²) in [7, 11) is 0. The van der Waals surface area contributed by atoms with Gasteiger partial charge in [0.05, 0.1) is 66.7 Å². The molecule has 462 valence electrons. The van der Waals surface area contributed by atoms with E-state index in [4.69, 9.17) is 36.8 Å². The third-order valence-corrected chi connectivity index (χ3v) is 17.2. The third-order valence-electron chi connectivity index (χ3n) is 17.0. The van der Waals surface area contributed by atoms with Gasteiger partial charge in [-0.3, -0.25) is 43.6 Å². The maximum atomic E-state index is 15.1. The molecule has 8 N–H and O–H groups in total. The number of aryl methyl sites for hydroxylation is 1. The number of carboxylic acid groups (broad SMARTS) is 3. The second-order valence-electron chi connectivity index (χ2n) is 23.3. The molecule has 0 saturated carbocycles. The van der Waals surface area contributed by atoms with Crippen LogP contribution in [0.3, 0.4) is 0 Å². The lowest BCUT2D eigenvalue weighted by atomic mass is 9.80. The number of aromatic nitrogens is 3. The summed E-state index contributed by atoms with van der Waals surface area (Å²) >= 11 is 6.44. The van der Waals surface area contributed by atoms with Crippen LogP contribution >= 0.6 is 11.6 Å². The number of fused-ring (bicyclic) bond motifs is 1.